The summed E-state index contributed by atoms with van der Waals surface area (Å²) in [6, 6.07) is 5.38. The molecule has 0 spiro atoms. The minimum Gasteiger partial charge on any atom is -0.371 e. The van der Waals surface area contributed by atoms with Gasteiger partial charge < -0.3 is 9.80 Å². The number of rotatable bonds is 8. The Balaban J connectivity index is 2.73. The van der Waals surface area contributed by atoms with E-state index in [0.29, 0.717) is 23.9 Å². The molecule has 0 saturated heterocycles. The molecule has 1 aromatic rings. The molecular weight excluding hydrogens is 270 g/mol. The van der Waals surface area contributed by atoms with Crippen molar-refractivity contribution in [1.29, 1.82) is 0 Å². The number of pyridine rings is 1. The third-order valence-corrected chi connectivity index (χ3v) is 4.45. The zero-order valence-corrected chi connectivity index (χ0v) is 15.8. The summed E-state index contributed by atoms with van der Waals surface area (Å²) in [6.45, 7) is 13.6. The first-order valence-corrected chi connectivity index (χ1v) is 8.64. The first kappa shape index (κ1) is 18.8. The van der Waals surface area contributed by atoms with Gasteiger partial charge in [-0.1, -0.05) is 27.7 Å². The normalized spacial score (nSPS) is 14.3. The fourth-order valence-electron chi connectivity index (χ4n) is 2.96. The molecule has 0 bridgehead atoms. The van der Waals surface area contributed by atoms with Gasteiger partial charge >= 0.3 is 0 Å². The van der Waals surface area contributed by atoms with Gasteiger partial charge in [0.1, 0.15) is 5.82 Å². The summed E-state index contributed by atoms with van der Waals surface area (Å²) in [6.07, 6.45) is 4.39. The molecule has 0 fully saturated rings. The van der Waals surface area contributed by atoms with E-state index in [1.807, 2.05) is 6.20 Å². The SMILES string of the molecule is CC(C)CC(C)N(C)c1ccc(N(C)C(C)CC(C)C)nc1. The topological polar surface area (TPSA) is 19.4 Å². The molecule has 0 amide bonds. The number of aromatic nitrogens is 1. The van der Waals surface area contributed by atoms with Gasteiger partial charge in [-0.25, -0.2) is 4.98 Å². The molecule has 0 aliphatic rings. The monoisotopic (exact) mass is 305 g/mol. The van der Waals surface area contributed by atoms with Crippen LogP contribution in [0, 0.1) is 11.8 Å². The average Bonchev–Trinajstić information content (AvgIpc) is 2.44. The maximum absolute atomic E-state index is 4.67. The van der Waals surface area contributed by atoms with Crippen LogP contribution >= 0.6 is 0 Å². The summed E-state index contributed by atoms with van der Waals surface area (Å²) in [4.78, 5) is 9.28. The van der Waals surface area contributed by atoms with E-state index in [1.54, 1.807) is 0 Å². The molecule has 1 rings (SSSR count). The first-order chi connectivity index (χ1) is 10.2. The van der Waals surface area contributed by atoms with Crippen molar-refractivity contribution >= 4 is 11.5 Å². The Morgan fingerprint density at radius 3 is 1.73 bits per heavy atom. The minimum absolute atomic E-state index is 0.510. The highest BCUT2D eigenvalue weighted by Gasteiger charge is 2.15. The summed E-state index contributed by atoms with van der Waals surface area (Å²) in [5.41, 5.74) is 1.20. The Hall–Kier alpha value is -1.25. The van der Waals surface area contributed by atoms with Crippen molar-refractivity contribution in [2.45, 2.75) is 66.5 Å². The molecule has 22 heavy (non-hydrogen) atoms. The fourth-order valence-corrected chi connectivity index (χ4v) is 2.96. The number of hydrogen-bond donors (Lipinski definition) is 0. The molecule has 0 saturated carbocycles. The molecule has 1 aromatic heterocycles. The molecule has 2 unspecified atom stereocenters. The summed E-state index contributed by atoms with van der Waals surface area (Å²) >= 11 is 0. The van der Waals surface area contributed by atoms with Crippen LogP contribution < -0.4 is 9.80 Å². The lowest BCUT2D eigenvalue weighted by molar-refractivity contribution is 0.500. The van der Waals surface area contributed by atoms with Gasteiger partial charge in [-0.05, 0) is 50.7 Å². The van der Waals surface area contributed by atoms with Crippen LogP contribution in [-0.4, -0.2) is 31.2 Å². The molecule has 0 N–H and O–H groups in total. The molecule has 0 aliphatic carbocycles. The van der Waals surface area contributed by atoms with Crippen molar-refractivity contribution in [3.8, 4) is 0 Å². The largest absolute Gasteiger partial charge is 0.371 e. The van der Waals surface area contributed by atoms with Gasteiger partial charge in [0, 0.05) is 26.2 Å². The zero-order chi connectivity index (χ0) is 16.9. The summed E-state index contributed by atoms with van der Waals surface area (Å²) < 4.78 is 0. The van der Waals surface area contributed by atoms with E-state index in [4.69, 9.17) is 0 Å². The Labute approximate surface area is 137 Å². The fraction of sp³-hybridized carbons (Fsp3) is 0.737. The van der Waals surface area contributed by atoms with Crippen molar-refractivity contribution in [3.05, 3.63) is 18.3 Å². The summed E-state index contributed by atoms with van der Waals surface area (Å²) in [5, 5.41) is 0. The van der Waals surface area contributed by atoms with E-state index < -0.39 is 0 Å². The molecule has 0 radical (unpaired) electrons. The number of anilines is 2. The van der Waals surface area contributed by atoms with Gasteiger partial charge in [0.15, 0.2) is 0 Å². The standard InChI is InChI=1S/C19H35N3/c1-14(2)11-16(5)21(7)18-9-10-19(20-13-18)22(8)17(6)12-15(3)4/h9-10,13-17H,11-12H2,1-8H3. The second-order valence-corrected chi connectivity index (χ2v) is 7.55. The Morgan fingerprint density at radius 1 is 0.818 bits per heavy atom. The molecule has 3 nitrogen and oxygen atoms in total. The minimum atomic E-state index is 0.510. The summed E-state index contributed by atoms with van der Waals surface area (Å²) in [5.74, 6) is 2.48. The van der Waals surface area contributed by atoms with E-state index in [9.17, 15) is 0 Å². The molecular formula is C19H35N3. The van der Waals surface area contributed by atoms with Gasteiger partial charge in [0.25, 0.3) is 0 Å². The number of nitrogens with zero attached hydrogens (tertiary/aromatic N) is 3. The van der Waals surface area contributed by atoms with Gasteiger partial charge in [-0.15, -0.1) is 0 Å². The molecule has 3 heteroatoms. The Morgan fingerprint density at radius 2 is 1.32 bits per heavy atom. The molecule has 2 atom stereocenters. The van der Waals surface area contributed by atoms with Gasteiger partial charge in [-0.3, -0.25) is 0 Å². The van der Waals surface area contributed by atoms with Crippen LogP contribution in [-0.2, 0) is 0 Å². The van der Waals surface area contributed by atoms with Crippen LogP contribution in [0.3, 0.4) is 0 Å². The van der Waals surface area contributed by atoms with Crippen LogP contribution in [0.25, 0.3) is 0 Å². The maximum Gasteiger partial charge on any atom is 0.128 e. The van der Waals surface area contributed by atoms with Crippen LogP contribution in [0.2, 0.25) is 0 Å². The third kappa shape index (κ3) is 5.51. The van der Waals surface area contributed by atoms with E-state index in [0.717, 1.165) is 5.82 Å². The van der Waals surface area contributed by atoms with Crippen molar-refractivity contribution in [2.75, 3.05) is 23.9 Å². The van der Waals surface area contributed by atoms with Gasteiger partial charge in [0.05, 0.1) is 11.9 Å². The van der Waals surface area contributed by atoms with Crippen LogP contribution in [0.5, 0.6) is 0 Å². The highest BCUT2D eigenvalue weighted by atomic mass is 15.2. The van der Waals surface area contributed by atoms with Crippen LogP contribution in [0.4, 0.5) is 11.5 Å². The molecule has 0 aliphatic heterocycles. The average molecular weight is 306 g/mol. The second-order valence-electron chi connectivity index (χ2n) is 7.55. The van der Waals surface area contributed by atoms with E-state index in [2.05, 4.69) is 82.6 Å². The van der Waals surface area contributed by atoms with Gasteiger partial charge in [-0.2, -0.15) is 0 Å². The van der Waals surface area contributed by atoms with Crippen LogP contribution in [0.15, 0.2) is 18.3 Å². The predicted molar refractivity (Wildman–Crippen MR) is 98.9 cm³/mol. The smallest absolute Gasteiger partial charge is 0.128 e. The quantitative estimate of drug-likeness (QED) is 0.686. The first-order valence-electron chi connectivity index (χ1n) is 8.64. The lowest BCUT2D eigenvalue weighted by Crippen LogP contribution is -2.32. The summed E-state index contributed by atoms with van der Waals surface area (Å²) in [7, 11) is 4.30. The lowest BCUT2D eigenvalue weighted by atomic mass is 10.0. The van der Waals surface area contributed by atoms with E-state index >= 15 is 0 Å². The highest BCUT2D eigenvalue weighted by molar-refractivity contribution is 5.50. The molecule has 0 aromatic carbocycles. The number of hydrogen-bond acceptors (Lipinski definition) is 3. The predicted octanol–water partition coefficient (Wildman–Crippen LogP) is 4.82. The van der Waals surface area contributed by atoms with Crippen molar-refractivity contribution < 1.29 is 0 Å². The second kappa shape index (κ2) is 8.40. The third-order valence-electron chi connectivity index (χ3n) is 4.45. The van der Waals surface area contributed by atoms with Crippen molar-refractivity contribution in [1.82, 2.24) is 4.98 Å². The van der Waals surface area contributed by atoms with E-state index in [-0.39, 0.29) is 0 Å². The van der Waals surface area contributed by atoms with Gasteiger partial charge in [0.2, 0.25) is 0 Å². The molecule has 1 heterocycles. The Bertz CT molecular complexity index is 384. The van der Waals surface area contributed by atoms with E-state index in [1.165, 1.54) is 18.5 Å². The maximum atomic E-state index is 4.67. The van der Waals surface area contributed by atoms with Crippen molar-refractivity contribution in [2.24, 2.45) is 11.8 Å². The highest BCUT2D eigenvalue weighted by Crippen LogP contribution is 2.22. The molecule has 126 valence electrons. The lowest BCUT2D eigenvalue weighted by Gasteiger charge is -2.30. The van der Waals surface area contributed by atoms with Crippen LogP contribution in [0.1, 0.15) is 54.4 Å². The van der Waals surface area contributed by atoms with Crippen molar-refractivity contribution in [3.63, 3.8) is 0 Å². The Kier molecular flexibility index (Phi) is 7.18. The zero-order valence-electron chi connectivity index (χ0n) is 15.8.